The molecule has 2 aliphatic rings. The first kappa shape index (κ1) is 21.0. The van der Waals surface area contributed by atoms with Gasteiger partial charge in [0.05, 0.1) is 6.61 Å². The number of ether oxygens (including phenoxy) is 1. The Morgan fingerprint density at radius 1 is 0.893 bits per heavy atom. The van der Waals surface area contributed by atoms with E-state index in [4.69, 9.17) is 4.74 Å². The summed E-state index contributed by atoms with van der Waals surface area (Å²) in [6.45, 7) is 5.26. The maximum Gasteiger partial charge on any atom is 0.119 e. The maximum atomic E-state index is 5.62. The SMILES string of the molecule is CCCOc1ccc(C#C/C=C/C2CCC(C3CCC(CC)CC3)CC2)cc1. The quantitative estimate of drug-likeness (QED) is 0.468. The summed E-state index contributed by atoms with van der Waals surface area (Å²) in [7, 11) is 0. The number of allylic oxidation sites excluding steroid dienone is 2. The summed E-state index contributed by atoms with van der Waals surface area (Å²) in [4.78, 5) is 0. The topological polar surface area (TPSA) is 9.23 Å². The lowest BCUT2D eigenvalue weighted by atomic mass is 9.69. The van der Waals surface area contributed by atoms with Gasteiger partial charge in [-0.25, -0.2) is 0 Å². The van der Waals surface area contributed by atoms with E-state index >= 15 is 0 Å². The summed E-state index contributed by atoms with van der Waals surface area (Å²) in [5.74, 6) is 11.2. The van der Waals surface area contributed by atoms with Crippen LogP contribution in [0.3, 0.4) is 0 Å². The zero-order valence-electron chi connectivity index (χ0n) is 18.0. The smallest absolute Gasteiger partial charge is 0.119 e. The maximum absolute atomic E-state index is 5.62. The molecule has 2 aliphatic carbocycles. The molecular formula is C27H38O. The van der Waals surface area contributed by atoms with Crippen molar-refractivity contribution >= 4 is 0 Å². The Morgan fingerprint density at radius 2 is 1.54 bits per heavy atom. The molecule has 1 heteroatoms. The van der Waals surface area contributed by atoms with E-state index in [1.807, 2.05) is 24.3 Å². The Labute approximate surface area is 173 Å². The largest absolute Gasteiger partial charge is 0.494 e. The number of hydrogen-bond acceptors (Lipinski definition) is 1. The van der Waals surface area contributed by atoms with E-state index in [2.05, 4.69) is 37.8 Å². The van der Waals surface area contributed by atoms with Crippen LogP contribution in [0, 0.1) is 35.5 Å². The van der Waals surface area contributed by atoms with Gasteiger partial charge in [0.15, 0.2) is 0 Å². The zero-order chi connectivity index (χ0) is 19.6. The van der Waals surface area contributed by atoms with Gasteiger partial charge in [-0.2, -0.15) is 0 Å². The fourth-order valence-corrected chi connectivity index (χ4v) is 5.04. The summed E-state index contributed by atoms with van der Waals surface area (Å²) >= 11 is 0. The predicted molar refractivity (Wildman–Crippen MR) is 119 cm³/mol. The second-order valence-corrected chi connectivity index (χ2v) is 8.87. The van der Waals surface area contributed by atoms with Gasteiger partial charge < -0.3 is 4.74 Å². The van der Waals surface area contributed by atoms with Crippen molar-refractivity contribution in [2.75, 3.05) is 6.61 Å². The van der Waals surface area contributed by atoms with E-state index in [0.717, 1.165) is 48.0 Å². The average Bonchev–Trinajstić information content (AvgIpc) is 2.76. The summed E-state index contributed by atoms with van der Waals surface area (Å²) in [5, 5.41) is 0. The molecule has 0 bridgehead atoms. The van der Waals surface area contributed by atoms with Crippen LogP contribution in [0.25, 0.3) is 0 Å². The number of hydrogen-bond donors (Lipinski definition) is 0. The first-order valence-corrected chi connectivity index (χ1v) is 11.7. The Morgan fingerprint density at radius 3 is 2.14 bits per heavy atom. The van der Waals surface area contributed by atoms with Crippen molar-refractivity contribution in [2.24, 2.45) is 23.7 Å². The van der Waals surface area contributed by atoms with Gasteiger partial charge in [-0.1, -0.05) is 51.0 Å². The minimum atomic E-state index is 0.738. The highest BCUT2D eigenvalue weighted by atomic mass is 16.5. The standard InChI is InChI=1S/C27H38O/c1-3-21-28-27-19-13-24(14-20-27)8-6-5-7-23-11-17-26(18-12-23)25-15-9-22(4-2)10-16-25/h5,7,13-14,19-20,22-23,25-26H,3-4,9-12,15-18,21H2,1-2H3/b7-5+. The minimum absolute atomic E-state index is 0.738. The molecule has 3 rings (SSSR count). The Kier molecular flexibility index (Phi) is 8.53. The van der Waals surface area contributed by atoms with Crippen LogP contribution in [0.15, 0.2) is 36.4 Å². The van der Waals surface area contributed by atoms with Crippen molar-refractivity contribution in [1.82, 2.24) is 0 Å². The fourth-order valence-electron chi connectivity index (χ4n) is 5.04. The fraction of sp³-hybridized carbons (Fsp3) is 0.630. The van der Waals surface area contributed by atoms with E-state index in [1.165, 1.54) is 57.8 Å². The summed E-state index contributed by atoms with van der Waals surface area (Å²) in [6.07, 6.45) is 18.4. The first-order chi connectivity index (χ1) is 13.8. The highest BCUT2D eigenvalue weighted by Gasteiger charge is 2.29. The third-order valence-corrected chi connectivity index (χ3v) is 6.95. The lowest BCUT2D eigenvalue weighted by Gasteiger charge is -2.37. The van der Waals surface area contributed by atoms with E-state index in [9.17, 15) is 0 Å². The lowest BCUT2D eigenvalue weighted by molar-refractivity contribution is 0.154. The van der Waals surface area contributed by atoms with Gasteiger partial charge >= 0.3 is 0 Å². The van der Waals surface area contributed by atoms with Gasteiger partial charge in [0.1, 0.15) is 5.75 Å². The van der Waals surface area contributed by atoms with Gasteiger partial charge in [0.25, 0.3) is 0 Å². The molecule has 0 N–H and O–H groups in total. The van der Waals surface area contributed by atoms with Crippen LogP contribution >= 0.6 is 0 Å². The van der Waals surface area contributed by atoms with Crippen molar-refractivity contribution in [1.29, 1.82) is 0 Å². The van der Waals surface area contributed by atoms with Crippen LogP contribution in [0.1, 0.15) is 83.6 Å². The van der Waals surface area contributed by atoms with Crippen LogP contribution in [0.4, 0.5) is 0 Å². The molecule has 0 heterocycles. The van der Waals surface area contributed by atoms with Crippen LogP contribution < -0.4 is 4.74 Å². The summed E-state index contributed by atoms with van der Waals surface area (Å²) < 4.78 is 5.62. The third-order valence-electron chi connectivity index (χ3n) is 6.95. The molecule has 0 saturated heterocycles. The first-order valence-electron chi connectivity index (χ1n) is 11.7. The second kappa shape index (κ2) is 11.4. The molecule has 2 saturated carbocycles. The zero-order valence-corrected chi connectivity index (χ0v) is 18.0. The molecule has 0 aliphatic heterocycles. The Hall–Kier alpha value is -1.68. The third kappa shape index (κ3) is 6.44. The molecule has 2 fully saturated rings. The van der Waals surface area contributed by atoms with Gasteiger partial charge in [0, 0.05) is 5.56 Å². The molecule has 0 radical (unpaired) electrons. The Bertz CT molecular complexity index is 644. The van der Waals surface area contributed by atoms with Crippen LogP contribution in [0.2, 0.25) is 0 Å². The minimum Gasteiger partial charge on any atom is -0.494 e. The van der Waals surface area contributed by atoms with E-state index < -0.39 is 0 Å². The summed E-state index contributed by atoms with van der Waals surface area (Å²) in [5.41, 5.74) is 1.06. The van der Waals surface area contributed by atoms with Crippen molar-refractivity contribution in [3.05, 3.63) is 42.0 Å². The average molecular weight is 379 g/mol. The highest BCUT2D eigenvalue weighted by Crippen LogP contribution is 2.42. The molecule has 0 unspecified atom stereocenters. The van der Waals surface area contributed by atoms with Gasteiger partial charge in [-0.15, -0.1) is 0 Å². The van der Waals surface area contributed by atoms with Crippen molar-refractivity contribution in [2.45, 2.75) is 78.1 Å². The molecule has 0 amide bonds. The van der Waals surface area contributed by atoms with Crippen molar-refractivity contribution in [3.8, 4) is 17.6 Å². The molecule has 28 heavy (non-hydrogen) atoms. The van der Waals surface area contributed by atoms with Gasteiger partial charge in [-0.3, -0.25) is 0 Å². The molecule has 1 aromatic rings. The molecular weight excluding hydrogens is 340 g/mol. The molecule has 152 valence electrons. The number of rotatable bonds is 6. The molecule has 0 aromatic heterocycles. The van der Waals surface area contributed by atoms with E-state index in [-0.39, 0.29) is 0 Å². The summed E-state index contributed by atoms with van der Waals surface area (Å²) in [6, 6.07) is 8.12. The molecule has 1 nitrogen and oxygen atoms in total. The number of benzene rings is 1. The molecule has 1 aromatic carbocycles. The molecule has 0 spiro atoms. The van der Waals surface area contributed by atoms with Crippen molar-refractivity contribution < 1.29 is 4.74 Å². The molecule has 0 atom stereocenters. The normalized spacial score (nSPS) is 27.9. The predicted octanol–water partition coefficient (Wildman–Crippen LogP) is 7.41. The van der Waals surface area contributed by atoms with Gasteiger partial charge in [-0.05, 0) is 99.0 Å². The highest BCUT2D eigenvalue weighted by molar-refractivity contribution is 5.40. The Balaban J connectivity index is 1.39. The van der Waals surface area contributed by atoms with Crippen LogP contribution in [0.5, 0.6) is 5.75 Å². The van der Waals surface area contributed by atoms with Crippen molar-refractivity contribution in [3.63, 3.8) is 0 Å². The van der Waals surface area contributed by atoms with Crippen LogP contribution in [-0.2, 0) is 0 Å². The second-order valence-electron chi connectivity index (χ2n) is 8.87. The van der Waals surface area contributed by atoms with E-state index in [1.54, 1.807) is 0 Å². The van der Waals surface area contributed by atoms with E-state index in [0.29, 0.717) is 0 Å². The van der Waals surface area contributed by atoms with Crippen LogP contribution in [-0.4, -0.2) is 6.61 Å². The van der Waals surface area contributed by atoms with Gasteiger partial charge in [0.2, 0.25) is 0 Å². The lowest BCUT2D eigenvalue weighted by Crippen LogP contribution is -2.25. The monoisotopic (exact) mass is 378 g/mol.